The number of carbonyl (C=O) groups excluding carboxylic acids is 1. The minimum Gasteiger partial charge on any atom is -0.389 e. The van der Waals surface area contributed by atoms with Crippen molar-refractivity contribution in [3.8, 4) is 11.3 Å². The molecule has 1 saturated carbocycles. The molecule has 2 amide bonds. The first kappa shape index (κ1) is 50.0. The van der Waals surface area contributed by atoms with Gasteiger partial charge in [-0.15, -0.1) is 5.10 Å². The number of unbranched alkanes of at least 4 members (excludes halogenated alkanes) is 1. The largest absolute Gasteiger partial charge is 0.389 e. The molecule has 3 saturated heterocycles. The van der Waals surface area contributed by atoms with E-state index < -0.39 is 116 Å². The lowest BCUT2D eigenvalue weighted by atomic mass is 9.84. The van der Waals surface area contributed by atoms with Gasteiger partial charge < -0.3 is 109 Å². The van der Waals surface area contributed by atoms with Crippen molar-refractivity contribution < 1.29 is 63.9 Å². The summed E-state index contributed by atoms with van der Waals surface area (Å²) < 4.78 is 39.9. The molecule has 3 aliphatic heterocycles. The molecule has 66 heavy (non-hydrogen) atoms. The van der Waals surface area contributed by atoms with E-state index in [0.717, 1.165) is 18.4 Å². The molecular formula is C40H65N13O13. The molecule has 0 bridgehead atoms. The summed E-state index contributed by atoms with van der Waals surface area (Å²) in [4.78, 5) is 16.9. The number of benzene rings is 1. The summed E-state index contributed by atoms with van der Waals surface area (Å²) in [5.74, 6) is 0. The first-order valence-corrected chi connectivity index (χ1v) is 22.1. The number of urea groups is 1. The second-order valence-electron chi connectivity index (χ2n) is 17.2. The van der Waals surface area contributed by atoms with Gasteiger partial charge in [0.1, 0.15) is 72.8 Å². The number of aliphatic hydroxyl groups is 6. The number of nitrogens with zero attached hydrogens (tertiary/aromatic N) is 5. The van der Waals surface area contributed by atoms with Gasteiger partial charge >= 0.3 is 6.03 Å². The molecule has 26 nitrogen and oxygen atoms in total. The van der Waals surface area contributed by atoms with Crippen LogP contribution < -0.4 is 45.0 Å². The van der Waals surface area contributed by atoms with Gasteiger partial charge in [-0.1, -0.05) is 30.7 Å². The van der Waals surface area contributed by atoms with E-state index in [9.17, 15) is 35.4 Å². The quantitative estimate of drug-likeness (QED) is 0.0561. The van der Waals surface area contributed by atoms with Gasteiger partial charge in [-0.25, -0.2) is 14.5 Å². The highest BCUT2D eigenvalue weighted by Gasteiger charge is 2.54. The molecule has 368 valence electrons. The molecule has 4 aliphatic rings. The molecule has 5 heterocycles. The van der Waals surface area contributed by atoms with Crippen molar-refractivity contribution in [3.63, 3.8) is 0 Å². The highest BCUT2D eigenvalue weighted by atomic mass is 16.8. The summed E-state index contributed by atoms with van der Waals surface area (Å²) in [6.45, 7) is 2.41. The Kier molecular flexibility index (Phi) is 16.7. The van der Waals surface area contributed by atoms with E-state index in [0.29, 0.717) is 23.6 Å². The van der Waals surface area contributed by atoms with E-state index in [2.05, 4.69) is 25.9 Å². The van der Waals surface area contributed by atoms with Crippen molar-refractivity contribution >= 4 is 11.7 Å². The van der Waals surface area contributed by atoms with E-state index in [-0.39, 0.29) is 38.6 Å². The van der Waals surface area contributed by atoms with E-state index >= 15 is 0 Å². The number of rotatable bonds is 17. The minimum atomic E-state index is -1.64. The molecule has 0 unspecified atom stereocenters. The summed E-state index contributed by atoms with van der Waals surface area (Å²) in [5, 5.41) is 79.9. The van der Waals surface area contributed by atoms with Gasteiger partial charge in [0.15, 0.2) is 18.9 Å². The lowest BCUT2D eigenvalue weighted by Gasteiger charge is -2.47. The Morgan fingerprint density at radius 1 is 0.788 bits per heavy atom. The molecule has 2 aromatic heterocycles. The molecule has 0 spiro atoms. The predicted molar refractivity (Wildman–Crippen MR) is 230 cm³/mol. The summed E-state index contributed by atoms with van der Waals surface area (Å²) in [6, 6.07) is 2.64. The molecule has 4 fully saturated rings. The number of nitrogens with one attached hydrogen (secondary N) is 2. The van der Waals surface area contributed by atoms with Crippen molar-refractivity contribution in [1.29, 1.82) is 0 Å². The maximum Gasteiger partial charge on any atom is 0.319 e. The Hall–Kier alpha value is -3.88. The molecule has 0 radical (unpaired) electrons. The van der Waals surface area contributed by atoms with Crippen LogP contribution in [-0.2, 0) is 41.5 Å². The summed E-state index contributed by atoms with van der Waals surface area (Å²) in [7, 11) is 0. The summed E-state index contributed by atoms with van der Waals surface area (Å²) in [6.07, 6.45) is -13.3. The summed E-state index contributed by atoms with van der Waals surface area (Å²) in [5.41, 5.74) is 39.4. The molecular weight excluding hydrogens is 871 g/mol. The molecule has 19 atom stereocenters. The van der Waals surface area contributed by atoms with E-state index in [1.54, 1.807) is 23.2 Å². The Morgan fingerprint density at radius 3 is 2.08 bits per heavy atom. The molecule has 1 aliphatic carbocycles. The van der Waals surface area contributed by atoms with Crippen LogP contribution in [0.25, 0.3) is 11.3 Å². The average Bonchev–Trinajstić information content (AvgIpc) is 4.03. The van der Waals surface area contributed by atoms with Gasteiger partial charge in [0, 0.05) is 49.2 Å². The van der Waals surface area contributed by atoms with Gasteiger partial charge in [-0.05, 0) is 25.0 Å². The lowest BCUT2D eigenvalue weighted by Crippen LogP contribution is -2.68. The monoisotopic (exact) mass is 935 g/mol. The Bertz CT molecular complexity index is 2020. The third-order valence-electron chi connectivity index (χ3n) is 12.4. The van der Waals surface area contributed by atoms with Gasteiger partial charge in [0.2, 0.25) is 0 Å². The van der Waals surface area contributed by atoms with Crippen LogP contribution in [0.1, 0.15) is 31.9 Å². The number of nitrogens with two attached hydrogens (primary N) is 6. The van der Waals surface area contributed by atoms with Crippen molar-refractivity contribution in [2.75, 3.05) is 25.0 Å². The summed E-state index contributed by atoms with van der Waals surface area (Å²) >= 11 is 0. The zero-order valence-corrected chi connectivity index (χ0v) is 36.4. The molecule has 1 aromatic carbocycles. The number of aromatic nitrogens is 5. The number of hydrogen-bond donors (Lipinski definition) is 14. The number of aliphatic hydroxyl groups excluding tert-OH is 6. The number of hydrogen-bond acceptors (Lipinski definition) is 22. The number of amides is 2. The Balaban J connectivity index is 1.07. The van der Waals surface area contributed by atoms with Crippen LogP contribution in [0.3, 0.4) is 0 Å². The van der Waals surface area contributed by atoms with Gasteiger partial charge in [0.05, 0.1) is 49.5 Å². The second-order valence-corrected chi connectivity index (χ2v) is 17.2. The van der Waals surface area contributed by atoms with Crippen molar-refractivity contribution in [3.05, 3.63) is 48.7 Å². The number of anilines is 1. The fourth-order valence-corrected chi connectivity index (χ4v) is 8.52. The van der Waals surface area contributed by atoms with Gasteiger partial charge in [-0.2, -0.15) is 0 Å². The van der Waals surface area contributed by atoms with Crippen LogP contribution in [0.2, 0.25) is 0 Å². The van der Waals surface area contributed by atoms with Crippen LogP contribution in [0.15, 0.2) is 43.0 Å². The highest BCUT2D eigenvalue weighted by molar-refractivity contribution is 5.90. The fraction of sp³-hybridized carbons (Fsp3) is 0.700. The van der Waals surface area contributed by atoms with Crippen LogP contribution in [-0.4, -0.2) is 197 Å². The molecule has 7 rings (SSSR count). The van der Waals surface area contributed by atoms with Crippen LogP contribution in [0.5, 0.6) is 0 Å². The molecule has 26 heteroatoms. The third-order valence-corrected chi connectivity index (χ3v) is 12.4. The number of carbonyl (C=O) groups is 1. The van der Waals surface area contributed by atoms with E-state index in [1.807, 2.05) is 31.3 Å². The smallest absolute Gasteiger partial charge is 0.319 e. The van der Waals surface area contributed by atoms with Crippen molar-refractivity contribution in [2.45, 2.75) is 156 Å². The first-order valence-electron chi connectivity index (χ1n) is 22.1. The first-order chi connectivity index (χ1) is 31.6. The van der Waals surface area contributed by atoms with Crippen LogP contribution >= 0.6 is 0 Å². The minimum absolute atomic E-state index is 0.0635. The Labute approximate surface area is 379 Å². The van der Waals surface area contributed by atoms with E-state index in [1.165, 1.54) is 4.68 Å². The number of imidazole rings is 1. The maximum atomic E-state index is 12.3. The van der Waals surface area contributed by atoms with Gasteiger partial charge in [-0.3, -0.25) is 0 Å². The third kappa shape index (κ3) is 11.2. The zero-order chi connectivity index (χ0) is 47.4. The van der Waals surface area contributed by atoms with Gasteiger partial charge in [0.25, 0.3) is 0 Å². The lowest BCUT2D eigenvalue weighted by molar-refractivity contribution is -0.306. The topological polar surface area (TPSA) is 423 Å². The highest BCUT2D eigenvalue weighted by Crippen LogP contribution is 2.35. The standard InChI is InChI=1S/C40H65N13O13/c1-2-3-7-47-40(60)49-18-6-4-5-17(8-18)22-14-52(16-48-22)12-19-13-53(51-50-19)15-25-35(65-38-27(46)32(58)30(56)24(11-42)62-38)33(59)39(63-25)66-36-28(54)20(43)9-21(44)34(36)64-37-26(45)31(57)29(55)23(10-41)61-37/h4-6,8,13-14,16,20-21,23-39,54-59H,2-3,7,9-12,15,41-46H2,1H3,(H2,47,49,60)/t20-,21+,23-,24+,25-,26-,27-,28+,29-,30-,31-,32-,33-,34-,35-,36-,37-,38-,39+/m1/s1. The fourth-order valence-electron chi connectivity index (χ4n) is 8.52. The normalized spacial score (nSPS) is 38.3. The maximum absolute atomic E-state index is 12.3. The molecule has 3 aromatic rings. The second kappa shape index (κ2) is 22.0. The number of ether oxygens (including phenoxy) is 6. The van der Waals surface area contributed by atoms with Crippen LogP contribution in [0, 0.1) is 0 Å². The van der Waals surface area contributed by atoms with Crippen molar-refractivity contribution in [1.82, 2.24) is 29.9 Å². The van der Waals surface area contributed by atoms with Crippen molar-refractivity contribution in [2.24, 2.45) is 34.4 Å². The average molecular weight is 936 g/mol. The molecule has 20 N–H and O–H groups in total. The van der Waals surface area contributed by atoms with E-state index in [4.69, 9.17) is 62.8 Å². The SMILES string of the molecule is CCCCNC(=O)Nc1cccc(-c2cn(Cc3cn(C[C@H]4O[C@@H](O[C@@H]5[C@@H](O)[C@H](N)C[C@H](N)[C@H]5O[C@H]5O[C@H](CN)[C@@H](O)[C@H](O)[C@H]5N)[C@H](O)[C@@H]4O[C@H]4O[C@@H](CN)[C@@H](O)[C@H](O)[C@H]4N)nn3)cn2)c1. The zero-order valence-electron chi connectivity index (χ0n) is 36.4. The Morgan fingerprint density at radius 2 is 1.42 bits per heavy atom. The predicted octanol–water partition coefficient (Wildman–Crippen LogP) is -5.76. The van der Waals surface area contributed by atoms with Crippen LogP contribution in [0.4, 0.5) is 10.5 Å².